The Morgan fingerprint density at radius 2 is 1.14 bits per heavy atom. The van der Waals surface area contributed by atoms with Crippen molar-refractivity contribution in [1.29, 1.82) is 0 Å². The van der Waals surface area contributed by atoms with Crippen LogP contribution in [0.3, 0.4) is 0 Å². The summed E-state index contributed by atoms with van der Waals surface area (Å²) in [5, 5.41) is 2.87. The van der Waals surface area contributed by atoms with Crippen LogP contribution in [0.4, 0.5) is 0 Å². The molecule has 0 aromatic rings. The summed E-state index contributed by atoms with van der Waals surface area (Å²) in [6, 6.07) is 0. The summed E-state index contributed by atoms with van der Waals surface area (Å²) in [5.74, 6) is -10.0. The van der Waals surface area contributed by atoms with E-state index < -0.39 is 70.3 Å². The van der Waals surface area contributed by atoms with Crippen molar-refractivity contribution >= 4 is 47.0 Å². The zero-order valence-corrected chi connectivity index (χ0v) is 23.1. The molecule has 0 bridgehead atoms. The first-order valence-corrected chi connectivity index (χ1v) is 6.72. The van der Waals surface area contributed by atoms with Gasteiger partial charge in [0.05, 0.1) is 17.7 Å². The maximum absolute atomic E-state index is 12.1. The molecule has 4 aliphatic rings. The Morgan fingerprint density at radius 1 is 0.750 bits per heavy atom. The molecule has 139 valence electrons. The largest absolute Gasteiger partial charge is 0.592 e. The van der Waals surface area contributed by atoms with Crippen molar-refractivity contribution in [2.45, 2.75) is 0 Å². The van der Waals surface area contributed by atoms with Crippen LogP contribution in [0.5, 0.6) is 0 Å². The first-order valence-electron chi connectivity index (χ1n) is 6.72. The minimum Gasteiger partial charge on any atom is -0.592 e. The second-order valence-corrected chi connectivity index (χ2v) is 5.89. The van der Waals surface area contributed by atoms with Crippen LogP contribution in [0.1, 0.15) is 0 Å². The van der Waals surface area contributed by atoms with E-state index >= 15 is 0 Å². The number of hydrogen-bond donors (Lipinski definition) is 0. The van der Waals surface area contributed by atoms with Crippen LogP contribution in [-0.2, 0) is 136 Å². The molecule has 0 aromatic carbocycles. The average Bonchev–Trinajstić information content (AvgIpc) is 2.55. The van der Waals surface area contributed by atoms with E-state index in [1.165, 1.54) is 0 Å². The smallest absolute Gasteiger partial charge is 0.260 e. The summed E-state index contributed by atoms with van der Waals surface area (Å²) in [4.78, 5) is 95.2. The molecule has 4 rings (SSSR count). The first kappa shape index (κ1) is 28.1. The first-order chi connectivity index (χ1) is 11.1. The summed E-state index contributed by atoms with van der Waals surface area (Å²) in [6.45, 7) is -0.705. The maximum atomic E-state index is 12.1. The predicted octanol–water partition coefficient (Wildman–Crippen LogP) is -3.02. The normalized spacial score (nSPS) is 23.3. The number of carbonyl (C=O) groups is 8. The molecule has 4 fully saturated rings. The second-order valence-electron chi connectivity index (χ2n) is 5.89. The van der Waals surface area contributed by atoms with E-state index in [2.05, 4.69) is 5.32 Å². The van der Waals surface area contributed by atoms with Crippen molar-refractivity contribution in [2.24, 2.45) is 16.7 Å². The van der Waals surface area contributed by atoms with Crippen molar-refractivity contribution < 1.29 is 136 Å². The number of β-lactam (4-membered cyclic amide) rings is 6. The number of carbonyl (C=O) groups excluding carboxylic acids is 8. The van der Waals surface area contributed by atoms with Crippen LogP contribution in [0.2, 0.25) is 0 Å². The van der Waals surface area contributed by atoms with Gasteiger partial charge in [-0.15, -0.1) is 0 Å². The second kappa shape index (κ2) is 8.30. The predicted molar refractivity (Wildman–Crippen MR) is 72.7 cm³/mol. The van der Waals surface area contributed by atoms with Gasteiger partial charge in [-0.05, 0) is 0 Å². The topological polar surface area (TPSA) is 157 Å². The Labute approximate surface area is 233 Å². The zero-order chi connectivity index (χ0) is 17.8. The molecule has 0 N–H and O–H groups in total. The fraction of sp³-hybridized carbons (Fsp3) is 0.357. The van der Waals surface area contributed by atoms with Gasteiger partial charge in [0.15, 0.2) is 11.6 Å². The van der Waals surface area contributed by atoms with Crippen molar-refractivity contribution in [2.75, 3.05) is 13.6 Å². The molecule has 28 heavy (non-hydrogen) atoms. The number of amides is 6. The third kappa shape index (κ3) is 2.56. The van der Waals surface area contributed by atoms with Gasteiger partial charge >= 0.3 is 0 Å². The van der Waals surface area contributed by atoms with Gasteiger partial charge in [0.1, 0.15) is 0 Å². The van der Waals surface area contributed by atoms with E-state index in [-0.39, 0.29) is 106 Å². The van der Waals surface area contributed by atoms with Gasteiger partial charge < -0.3 is 22.3 Å². The Bertz CT molecular complexity index is 819. The minimum absolute atomic E-state index is 0. The molecule has 14 heteroatoms. The van der Waals surface area contributed by atoms with Crippen molar-refractivity contribution in [3.05, 3.63) is 12.7 Å². The van der Waals surface area contributed by atoms with Crippen LogP contribution in [0.25, 0.3) is 5.32 Å². The SMILES string of the molecule is CN1C(=O)C2(C(=O)C(CN3C(=O)C4(C(=O)[N-]C4=O)C3=O)C2=O)C1=O.[CH3-].[Y].[Y].[Y]. The fourth-order valence-corrected chi connectivity index (χ4v) is 3.46. The third-order valence-electron chi connectivity index (χ3n) is 4.96. The van der Waals surface area contributed by atoms with Crippen LogP contribution >= 0.6 is 0 Å². The van der Waals surface area contributed by atoms with Crippen molar-refractivity contribution in [3.8, 4) is 0 Å². The van der Waals surface area contributed by atoms with E-state index in [1.54, 1.807) is 0 Å². The molecule has 1 aliphatic carbocycles. The number of imide groups is 3. The van der Waals surface area contributed by atoms with E-state index in [0.29, 0.717) is 9.80 Å². The molecule has 3 aliphatic heterocycles. The molecule has 2 spiro atoms. The number of Topliss-reactive ketones (excluding diaryl/α,β-unsaturated/α-hetero) is 2. The average molecular weight is 614 g/mol. The Morgan fingerprint density at radius 3 is 1.50 bits per heavy atom. The summed E-state index contributed by atoms with van der Waals surface area (Å²) < 4.78 is 0. The summed E-state index contributed by atoms with van der Waals surface area (Å²) in [7, 11) is 1.12. The fourth-order valence-electron chi connectivity index (χ4n) is 3.46. The monoisotopic (exact) mass is 614 g/mol. The van der Waals surface area contributed by atoms with E-state index in [4.69, 9.17) is 0 Å². The minimum atomic E-state index is -2.45. The van der Waals surface area contributed by atoms with Gasteiger partial charge in [0.2, 0.25) is 10.8 Å². The number of likely N-dealkylation sites (tertiary alicyclic amines) is 2. The molecule has 6 amide bonds. The van der Waals surface area contributed by atoms with E-state index in [9.17, 15) is 38.4 Å². The van der Waals surface area contributed by atoms with Gasteiger partial charge in [-0.1, -0.05) is 0 Å². The third-order valence-corrected chi connectivity index (χ3v) is 4.96. The molecule has 0 unspecified atom stereocenters. The molecule has 0 atom stereocenters. The van der Waals surface area contributed by atoms with Crippen LogP contribution < -0.4 is 0 Å². The summed E-state index contributed by atoms with van der Waals surface area (Å²) >= 11 is 0. The van der Waals surface area contributed by atoms with Gasteiger partial charge in [0, 0.05) is 112 Å². The van der Waals surface area contributed by atoms with Crippen molar-refractivity contribution in [1.82, 2.24) is 9.80 Å². The van der Waals surface area contributed by atoms with Gasteiger partial charge in [-0.25, -0.2) is 0 Å². The zero-order valence-electron chi connectivity index (χ0n) is 14.6. The number of nitrogens with zero attached hydrogens (tertiary/aromatic N) is 3. The standard InChI is InChI=1S/C13H7N3O8.CH3.3Y/c1-15-8(21)12(9(15)22)4(17)3(5(12)18)2-16-10(23)13(11(16)24)6(19)14-7(13)20;;;;/h3H,2H2,1H3,(H,14,19,20);1H3;;;/q;-1;;;/p-1. The number of rotatable bonds is 2. The summed E-state index contributed by atoms with van der Waals surface area (Å²) in [5.41, 5.74) is -4.79. The molecular weight excluding hydrogens is 605 g/mol. The Hall–Kier alpha value is 0.0717. The quantitative estimate of drug-likeness (QED) is 0.181. The molecule has 11 nitrogen and oxygen atoms in total. The maximum Gasteiger partial charge on any atom is 0.260 e. The van der Waals surface area contributed by atoms with E-state index in [1.807, 2.05) is 0 Å². The van der Waals surface area contributed by atoms with Gasteiger partial charge in [-0.3, -0.25) is 38.6 Å². The molecule has 3 radical (unpaired) electrons. The number of ketones is 2. The van der Waals surface area contributed by atoms with Crippen molar-refractivity contribution in [3.63, 3.8) is 0 Å². The number of hydrogen-bond acceptors (Lipinski definition) is 8. The van der Waals surface area contributed by atoms with Crippen LogP contribution in [0, 0.1) is 24.2 Å². The Kier molecular flexibility index (Phi) is 8.33. The van der Waals surface area contributed by atoms with Crippen LogP contribution in [-0.4, -0.2) is 70.4 Å². The Balaban J connectivity index is 0.00000182. The van der Waals surface area contributed by atoms with Gasteiger partial charge in [0.25, 0.3) is 23.6 Å². The summed E-state index contributed by atoms with van der Waals surface area (Å²) in [6.07, 6.45) is 0. The molecule has 1 saturated carbocycles. The molecule has 3 heterocycles. The molecular formula is C14H9N3O8Y3-2. The molecule has 3 saturated heterocycles. The van der Waals surface area contributed by atoms with E-state index in [0.717, 1.165) is 7.05 Å². The van der Waals surface area contributed by atoms with Gasteiger partial charge in [-0.2, -0.15) is 0 Å². The molecule has 0 aromatic heterocycles. The van der Waals surface area contributed by atoms with Crippen LogP contribution in [0.15, 0.2) is 0 Å².